The van der Waals surface area contributed by atoms with E-state index in [1.807, 2.05) is 40.4 Å². The Morgan fingerprint density at radius 2 is 2.05 bits per heavy atom. The maximum absolute atomic E-state index is 12.5. The average molecular weight is 282 g/mol. The van der Waals surface area contributed by atoms with Crippen molar-refractivity contribution in [1.82, 2.24) is 3.96 Å². The van der Waals surface area contributed by atoms with Crippen LogP contribution in [0.15, 0.2) is 47.3 Å². The third-order valence-corrected chi connectivity index (χ3v) is 5.18. The number of anilines is 1. The van der Waals surface area contributed by atoms with Gasteiger partial charge in [0, 0.05) is 5.69 Å². The van der Waals surface area contributed by atoms with Crippen LogP contribution >= 0.6 is 11.5 Å². The molecular weight excluding hydrogens is 268 g/mol. The molecule has 1 aliphatic rings. The molecule has 2 N–H and O–H groups in total. The maximum atomic E-state index is 12.5. The second-order valence-corrected chi connectivity index (χ2v) is 6.25. The van der Waals surface area contributed by atoms with Crippen molar-refractivity contribution in [3.05, 3.63) is 63.9 Å². The third kappa shape index (κ3) is 1.61. The summed E-state index contributed by atoms with van der Waals surface area (Å²) in [4.78, 5) is 12.5. The minimum atomic E-state index is 0.125. The van der Waals surface area contributed by atoms with E-state index in [-0.39, 0.29) is 11.6 Å². The topological polar surface area (TPSA) is 48.0 Å². The van der Waals surface area contributed by atoms with E-state index in [4.69, 9.17) is 5.73 Å². The van der Waals surface area contributed by atoms with Crippen LogP contribution in [0.25, 0.3) is 10.1 Å². The van der Waals surface area contributed by atoms with E-state index in [2.05, 4.69) is 6.07 Å². The summed E-state index contributed by atoms with van der Waals surface area (Å²) >= 11 is 1.56. The number of fused-ring (bicyclic) bond motifs is 2. The molecule has 1 atom stereocenters. The molecule has 0 aliphatic heterocycles. The molecule has 1 aromatic heterocycles. The van der Waals surface area contributed by atoms with E-state index in [0.29, 0.717) is 0 Å². The van der Waals surface area contributed by atoms with E-state index in [1.165, 1.54) is 11.1 Å². The van der Waals surface area contributed by atoms with Gasteiger partial charge in [0.05, 0.1) is 16.1 Å². The number of aromatic nitrogens is 1. The van der Waals surface area contributed by atoms with Crippen molar-refractivity contribution in [2.75, 3.05) is 5.73 Å². The quantitative estimate of drug-likeness (QED) is 0.697. The Bertz CT molecular complexity index is 862. The lowest BCUT2D eigenvalue weighted by atomic mass is 10.1. The zero-order chi connectivity index (χ0) is 13.7. The zero-order valence-electron chi connectivity index (χ0n) is 10.9. The summed E-state index contributed by atoms with van der Waals surface area (Å²) in [7, 11) is 0. The fourth-order valence-corrected chi connectivity index (χ4v) is 4.19. The molecule has 100 valence electrons. The molecular formula is C16H14N2OS. The summed E-state index contributed by atoms with van der Waals surface area (Å²) < 4.78 is 2.98. The Labute approximate surface area is 120 Å². The largest absolute Gasteiger partial charge is 0.399 e. The van der Waals surface area contributed by atoms with Crippen molar-refractivity contribution in [2.45, 2.75) is 18.9 Å². The van der Waals surface area contributed by atoms with E-state index >= 15 is 0 Å². The Hall–Kier alpha value is -2.07. The number of aryl methyl sites for hydroxylation is 1. The molecule has 4 heteroatoms. The second-order valence-electron chi connectivity index (χ2n) is 5.23. The Kier molecular flexibility index (Phi) is 2.47. The summed E-state index contributed by atoms with van der Waals surface area (Å²) in [6.45, 7) is 0. The van der Waals surface area contributed by atoms with Crippen LogP contribution < -0.4 is 11.3 Å². The molecule has 1 unspecified atom stereocenters. The van der Waals surface area contributed by atoms with Crippen LogP contribution in [0.5, 0.6) is 0 Å². The number of hydrogen-bond donors (Lipinski definition) is 1. The minimum absolute atomic E-state index is 0.125. The fraction of sp³-hybridized carbons (Fsp3) is 0.188. The summed E-state index contributed by atoms with van der Waals surface area (Å²) in [6.07, 6.45) is 1.97. The van der Waals surface area contributed by atoms with Gasteiger partial charge in [0.25, 0.3) is 5.56 Å². The smallest absolute Gasteiger partial charge is 0.269 e. The molecule has 0 radical (unpaired) electrons. The molecule has 3 aromatic rings. The highest BCUT2D eigenvalue weighted by atomic mass is 32.1. The van der Waals surface area contributed by atoms with Crippen LogP contribution in [0.2, 0.25) is 0 Å². The number of nitrogens with two attached hydrogens (primary N) is 1. The van der Waals surface area contributed by atoms with E-state index in [1.54, 1.807) is 11.5 Å². The van der Waals surface area contributed by atoms with Gasteiger partial charge in [0.1, 0.15) is 0 Å². The maximum Gasteiger partial charge on any atom is 0.269 e. The predicted molar refractivity (Wildman–Crippen MR) is 83.4 cm³/mol. The first-order valence-corrected chi connectivity index (χ1v) is 7.50. The van der Waals surface area contributed by atoms with Gasteiger partial charge in [-0.05, 0) is 48.2 Å². The van der Waals surface area contributed by atoms with Crippen molar-refractivity contribution in [3.8, 4) is 0 Å². The van der Waals surface area contributed by atoms with E-state index < -0.39 is 0 Å². The van der Waals surface area contributed by atoms with E-state index in [9.17, 15) is 4.79 Å². The predicted octanol–water partition coefficient (Wildman–Crippen LogP) is 3.18. The Morgan fingerprint density at radius 3 is 2.90 bits per heavy atom. The first kappa shape index (κ1) is 11.7. The average Bonchev–Trinajstić information content (AvgIpc) is 3.00. The van der Waals surface area contributed by atoms with Crippen molar-refractivity contribution in [1.29, 1.82) is 0 Å². The molecule has 0 fully saturated rings. The molecule has 0 saturated heterocycles. The van der Waals surface area contributed by atoms with E-state index in [0.717, 1.165) is 28.6 Å². The fourth-order valence-electron chi connectivity index (χ4n) is 3.05. The van der Waals surface area contributed by atoms with Gasteiger partial charge in [0.2, 0.25) is 0 Å². The molecule has 0 amide bonds. The van der Waals surface area contributed by atoms with Crippen LogP contribution in [0.4, 0.5) is 5.69 Å². The van der Waals surface area contributed by atoms with Crippen LogP contribution in [-0.2, 0) is 6.42 Å². The van der Waals surface area contributed by atoms with Crippen LogP contribution in [0.1, 0.15) is 23.6 Å². The van der Waals surface area contributed by atoms with Gasteiger partial charge in [-0.25, -0.2) is 0 Å². The molecule has 3 nitrogen and oxygen atoms in total. The molecule has 0 spiro atoms. The Morgan fingerprint density at radius 1 is 1.20 bits per heavy atom. The van der Waals surface area contributed by atoms with Crippen molar-refractivity contribution < 1.29 is 0 Å². The standard InChI is InChI=1S/C16H14N2OS/c17-11-6-7-12-10(9-11)5-8-14(12)18-16(19)13-3-1-2-4-15(13)20-18/h1-4,6-7,9,14H,5,8,17H2. The SMILES string of the molecule is Nc1ccc2c(c1)CCC2n1sc2ccccc2c1=O. The Balaban J connectivity index is 1.90. The summed E-state index contributed by atoms with van der Waals surface area (Å²) in [5, 5.41) is 0.821. The van der Waals surface area contributed by atoms with Gasteiger partial charge in [-0.15, -0.1) is 0 Å². The minimum Gasteiger partial charge on any atom is -0.399 e. The lowest BCUT2D eigenvalue weighted by Gasteiger charge is -2.11. The van der Waals surface area contributed by atoms with Crippen LogP contribution in [-0.4, -0.2) is 3.96 Å². The number of nitrogen functional groups attached to an aromatic ring is 1. The third-order valence-electron chi connectivity index (χ3n) is 4.01. The highest BCUT2D eigenvalue weighted by Gasteiger charge is 2.26. The van der Waals surface area contributed by atoms with Crippen LogP contribution in [0, 0.1) is 0 Å². The van der Waals surface area contributed by atoms with Gasteiger partial charge >= 0.3 is 0 Å². The molecule has 2 aromatic carbocycles. The van der Waals surface area contributed by atoms with Gasteiger partial charge < -0.3 is 5.73 Å². The van der Waals surface area contributed by atoms with Gasteiger partial charge in [0.15, 0.2) is 0 Å². The number of benzene rings is 2. The number of hydrogen-bond acceptors (Lipinski definition) is 3. The molecule has 1 aliphatic carbocycles. The highest BCUT2D eigenvalue weighted by Crippen LogP contribution is 2.36. The second kappa shape index (κ2) is 4.21. The molecule has 4 rings (SSSR count). The normalized spacial score (nSPS) is 17.5. The van der Waals surface area contributed by atoms with Gasteiger partial charge in [-0.1, -0.05) is 29.7 Å². The van der Waals surface area contributed by atoms with Crippen molar-refractivity contribution >= 4 is 27.3 Å². The summed E-state index contributed by atoms with van der Waals surface area (Å²) in [5.41, 5.74) is 9.29. The molecule has 0 saturated carbocycles. The zero-order valence-corrected chi connectivity index (χ0v) is 11.7. The highest BCUT2D eigenvalue weighted by molar-refractivity contribution is 7.13. The number of rotatable bonds is 1. The van der Waals surface area contributed by atoms with Gasteiger partial charge in [-0.2, -0.15) is 0 Å². The molecule has 1 heterocycles. The molecule has 0 bridgehead atoms. The van der Waals surface area contributed by atoms with Crippen molar-refractivity contribution in [3.63, 3.8) is 0 Å². The van der Waals surface area contributed by atoms with Crippen molar-refractivity contribution in [2.24, 2.45) is 0 Å². The lowest BCUT2D eigenvalue weighted by molar-refractivity contribution is 0.610. The van der Waals surface area contributed by atoms with Gasteiger partial charge in [-0.3, -0.25) is 8.75 Å². The number of nitrogens with zero attached hydrogens (tertiary/aromatic N) is 1. The van der Waals surface area contributed by atoms with Crippen LogP contribution in [0.3, 0.4) is 0 Å². The molecule has 20 heavy (non-hydrogen) atoms. The summed E-state index contributed by atoms with van der Waals surface area (Å²) in [6, 6.07) is 14.0. The lowest BCUT2D eigenvalue weighted by Crippen LogP contribution is -2.18. The summed E-state index contributed by atoms with van der Waals surface area (Å²) in [5.74, 6) is 0. The first-order valence-electron chi connectivity index (χ1n) is 6.73. The first-order chi connectivity index (χ1) is 9.74. The monoisotopic (exact) mass is 282 g/mol.